The molecule has 2 aromatic rings. The first-order valence-electron chi connectivity index (χ1n) is 5.78. The minimum atomic E-state index is 0.261. The molecule has 0 bridgehead atoms. The maximum atomic E-state index is 8.95. The van der Waals surface area contributed by atoms with Gasteiger partial charge in [-0.05, 0) is 30.3 Å². The fourth-order valence-corrected chi connectivity index (χ4v) is 2.02. The standard InChI is InChI=1S/C15H11Cl2NO2/c1-19-13-4-10(8-18)5-14(7-13)20-9-11-6-12(16)2-3-15(11)17/h2-7H,9H2,1H3. The zero-order valence-electron chi connectivity index (χ0n) is 10.7. The molecule has 0 amide bonds. The van der Waals surface area contributed by atoms with Crippen LogP contribution < -0.4 is 9.47 Å². The predicted octanol–water partition coefficient (Wildman–Crippen LogP) is 4.45. The topological polar surface area (TPSA) is 42.2 Å². The summed E-state index contributed by atoms with van der Waals surface area (Å²) in [6.07, 6.45) is 0. The number of halogens is 2. The van der Waals surface area contributed by atoms with Crippen LogP contribution in [0.1, 0.15) is 11.1 Å². The Hall–Kier alpha value is -1.89. The lowest BCUT2D eigenvalue weighted by Gasteiger charge is -2.10. The molecular weight excluding hydrogens is 297 g/mol. The number of ether oxygens (including phenoxy) is 2. The number of nitrogens with zero attached hydrogens (tertiary/aromatic N) is 1. The Bertz CT molecular complexity index is 665. The van der Waals surface area contributed by atoms with Gasteiger partial charge in [-0.1, -0.05) is 23.2 Å². The van der Waals surface area contributed by atoms with Gasteiger partial charge in [0.2, 0.25) is 0 Å². The molecule has 0 fully saturated rings. The van der Waals surface area contributed by atoms with Crippen LogP contribution in [0.15, 0.2) is 36.4 Å². The molecule has 0 aliphatic heterocycles. The number of methoxy groups -OCH3 is 1. The average Bonchev–Trinajstić information content (AvgIpc) is 2.47. The summed E-state index contributed by atoms with van der Waals surface area (Å²) in [5.74, 6) is 1.10. The first-order valence-corrected chi connectivity index (χ1v) is 6.54. The van der Waals surface area contributed by atoms with Crippen LogP contribution in [0, 0.1) is 11.3 Å². The first kappa shape index (κ1) is 14.5. The molecule has 2 rings (SSSR count). The van der Waals surface area contributed by atoms with Crippen molar-refractivity contribution in [3.63, 3.8) is 0 Å². The van der Waals surface area contributed by atoms with Crippen molar-refractivity contribution in [2.24, 2.45) is 0 Å². The van der Waals surface area contributed by atoms with E-state index in [0.717, 1.165) is 5.56 Å². The molecule has 0 aliphatic carbocycles. The lowest BCUT2D eigenvalue weighted by Crippen LogP contribution is -1.97. The van der Waals surface area contributed by atoms with E-state index in [2.05, 4.69) is 6.07 Å². The Labute approximate surface area is 127 Å². The molecule has 2 aromatic carbocycles. The summed E-state index contributed by atoms with van der Waals surface area (Å²) < 4.78 is 10.8. The summed E-state index contributed by atoms with van der Waals surface area (Å²) in [6, 6.07) is 12.2. The normalized spacial score (nSPS) is 9.90. The monoisotopic (exact) mass is 307 g/mol. The molecular formula is C15H11Cl2NO2. The second kappa shape index (κ2) is 6.51. The molecule has 0 saturated heterocycles. The maximum Gasteiger partial charge on any atom is 0.124 e. The number of hydrogen-bond donors (Lipinski definition) is 0. The minimum absolute atomic E-state index is 0.261. The minimum Gasteiger partial charge on any atom is -0.497 e. The third kappa shape index (κ3) is 3.57. The number of rotatable bonds is 4. The molecule has 3 nitrogen and oxygen atoms in total. The molecule has 5 heteroatoms. The van der Waals surface area contributed by atoms with Gasteiger partial charge >= 0.3 is 0 Å². The molecule has 0 radical (unpaired) electrons. The maximum absolute atomic E-state index is 8.95. The van der Waals surface area contributed by atoms with E-state index in [1.54, 1.807) is 36.4 Å². The molecule has 0 aromatic heterocycles. The van der Waals surface area contributed by atoms with E-state index in [0.29, 0.717) is 27.1 Å². The molecule has 0 atom stereocenters. The van der Waals surface area contributed by atoms with Crippen LogP contribution in [0.25, 0.3) is 0 Å². The van der Waals surface area contributed by atoms with Gasteiger partial charge < -0.3 is 9.47 Å². The van der Waals surface area contributed by atoms with E-state index in [9.17, 15) is 0 Å². The summed E-state index contributed by atoms with van der Waals surface area (Å²) in [5, 5.41) is 10.1. The van der Waals surface area contributed by atoms with E-state index < -0.39 is 0 Å². The molecule has 0 aliphatic rings. The highest BCUT2D eigenvalue weighted by molar-refractivity contribution is 6.33. The van der Waals surface area contributed by atoms with Crippen molar-refractivity contribution in [2.45, 2.75) is 6.61 Å². The van der Waals surface area contributed by atoms with Gasteiger partial charge in [0, 0.05) is 21.7 Å². The average molecular weight is 308 g/mol. The van der Waals surface area contributed by atoms with Crippen LogP contribution in [-0.4, -0.2) is 7.11 Å². The van der Waals surface area contributed by atoms with E-state index in [4.69, 9.17) is 37.9 Å². The molecule has 102 valence electrons. The van der Waals surface area contributed by atoms with Crippen LogP contribution in [0.3, 0.4) is 0 Å². The van der Waals surface area contributed by atoms with Crippen molar-refractivity contribution in [3.05, 3.63) is 57.6 Å². The Kier molecular flexibility index (Phi) is 4.73. The van der Waals surface area contributed by atoms with Crippen molar-refractivity contribution in [3.8, 4) is 17.6 Å². The van der Waals surface area contributed by atoms with E-state index >= 15 is 0 Å². The largest absolute Gasteiger partial charge is 0.497 e. The third-order valence-corrected chi connectivity index (χ3v) is 3.25. The van der Waals surface area contributed by atoms with Gasteiger partial charge in [-0.3, -0.25) is 0 Å². The summed E-state index contributed by atoms with van der Waals surface area (Å²) in [4.78, 5) is 0. The quantitative estimate of drug-likeness (QED) is 0.838. The zero-order valence-corrected chi connectivity index (χ0v) is 12.2. The second-order valence-electron chi connectivity index (χ2n) is 4.03. The van der Waals surface area contributed by atoms with Gasteiger partial charge in [-0.25, -0.2) is 0 Å². The molecule has 0 spiro atoms. The molecule has 0 heterocycles. The molecule has 20 heavy (non-hydrogen) atoms. The predicted molar refractivity (Wildman–Crippen MR) is 78.5 cm³/mol. The SMILES string of the molecule is COc1cc(C#N)cc(OCc2cc(Cl)ccc2Cl)c1. The number of nitriles is 1. The highest BCUT2D eigenvalue weighted by atomic mass is 35.5. The van der Waals surface area contributed by atoms with E-state index in [1.807, 2.05) is 0 Å². The van der Waals surface area contributed by atoms with Gasteiger partial charge in [0.15, 0.2) is 0 Å². The Balaban J connectivity index is 2.18. The van der Waals surface area contributed by atoms with E-state index in [1.165, 1.54) is 7.11 Å². The molecule has 0 unspecified atom stereocenters. The van der Waals surface area contributed by atoms with Crippen molar-refractivity contribution >= 4 is 23.2 Å². The van der Waals surface area contributed by atoms with Crippen molar-refractivity contribution in [1.29, 1.82) is 5.26 Å². The smallest absolute Gasteiger partial charge is 0.124 e. The van der Waals surface area contributed by atoms with Gasteiger partial charge in [0.05, 0.1) is 18.7 Å². The van der Waals surface area contributed by atoms with Crippen molar-refractivity contribution < 1.29 is 9.47 Å². The van der Waals surface area contributed by atoms with Crippen LogP contribution in [-0.2, 0) is 6.61 Å². The lowest BCUT2D eigenvalue weighted by molar-refractivity contribution is 0.303. The highest BCUT2D eigenvalue weighted by Gasteiger charge is 2.05. The Morgan fingerprint density at radius 3 is 2.55 bits per heavy atom. The summed E-state index contributed by atoms with van der Waals surface area (Å²) in [7, 11) is 1.54. The fraction of sp³-hybridized carbons (Fsp3) is 0.133. The first-order chi connectivity index (χ1) is 9.62. The Morgan fingerprint density at radius 1 is 1.10 bits per heavy atom. The Morgan fingerprint density at radius 2 is 1.85 bits per heavy atom. The molecule has 0 saturated carbocycles. The van der Waals surface area contributed by atoms with Crippen molar-refractivity contribution in [1.82, 2.24) is 0 Å². The van der Waals surface area contributed by atoms with E-state index in [-0.39, 0.29) is 6.61 Å². The van der Waals surface area contributed by atoms with Gasteiger partial charge in [0.1, 0.15) is 18.1 Å². The lowest BCUT2D eigenvalue weighted by atomic mass is 10.2. The van der Waals surface area contributed by atoms with Gasteiger partial charge in [-0.2, -0.15) is 5.26 Å². The van der Waals surface area contributed by atoms with Crippen LogP contribution in [0.5, 0.6) is 11.5 Å². The van der Waals surface area contributed by atoms with Crippen LogP contribution in [0.2, 0.25) is 10.0 Å². The van der Waals surface area contributed by atoms with Gasteiger partial charge in [-0.15, -0.1) is 0 Å². The zero-order chi connectivity index (χ0) is 14.5. The number of benzene rings is 2. The number of hydrogen-bond acceptors (Lipinski definition) is 3. The van der Waals surface area contributed by atoms with Crippen LogP contribution in [0.4, 0.5) is 0 Å². The van der Waals surface area contributed by atoms with Crippen LogP contribution >= 0.6 is 23.2 Å². The fourth-order valence-electron chi connectivity index (χ4n) is 1.65. The second-order valence-corrected chi connectivity index (χ2v) is 4.88. The summed E-state index contributed by atoms with van der Waals surface area (Å²) in [6.45, 7) is 0.261. The third-order valence-electron chi connectivity index (χ3n) is 2.65. The summed E-state index contributed by atoms with van der Waals surface area (Å²) in [5.41, 5.74) is 1.25. The van der Waals surface area contributed by atoms with Gasteiger partial charge in [0.25, 0.3) is 0 Å². The highest BCUT2D eigenvalue weighted by Crippen LogP contribution is 2.25. The summed E-state index contributed by atoms with van der Waals surface area (Å²) >= 11 is 12.0. The molecule has 0 N–H and O–H groups in total. The van der Waals surface area contributed by atoms with Crippen molar-refractivity contribution in [2.75, 3.05) is 7.11 Å².